The smallest absolute Gasteiger partial charge is 0.00234 e. The number of rotatable bonds is 4. The molecule has 2 saturated carbocycles. The quantitative estimate of drug-likeness (QED) is 0.156. The minimum absolute atomic E-state index is 0.697. The van der Waals surface area contributed by atoms with E-state index in [1.807, 2.05) is 0 Å². The van der Waals surface area contributed by atoms with Crippen LogP contribution in [0.4, 0.5) is 0 Å². The number of fused-ring (bicyclic) bond motifs is 15. The van der Waals surface area contributed by atoms with Gasteiger partial charge in [0.1, 0.15) is 0 Å². The summed E-state index contributed by atoms with van der Waals surface area (Å²) < 4.78 is 0. The predicted octanol–water partition coefficient (Wildman–Crippen LogP) is 16.6. The fourth-order valence-corrected chi connectivity index (χ4v) is 14.0. The topological polar surface area (TPSA) is 0 Å². The van der Waals surface area contributed by atoms with E-state index in [0.717, 1.165) is 24.7 Å². The van der Waals surface area contributed by atoms with E-state index in [9.17, 15) is 0 Å². The second-order valence-electron chi connectivity index (χ2n) is 19.0. The van der Waals surface area contributed by atoms with Gasteiger partial charge in [0.05, 0.1) is 0 Å². The monoisotopic (exact) mass is 768 g/mol. The van der Waals surface area contributed by atoms with Gasteiger partial charge in [-0.25, -0.2) is 0 Å². The normalized spacial score (nSPS) is 21.0. The first kappa shape index (κ1) is 33.8. The highest BCUT2D eigenvalue weighted by Gasteiger charge is 2.40. The molecule has 288 valence electrons. The molecule has 2 fully saturated rings. The Balaban J connectivity index is 1.03. The maximum absolute atomic E-state index is 2.53. The van der Waals surface area contributed by atoms with Gasteiger partial charge in [-0.05, 0) is 209 Å². The maximum Gasteiger partial charge on any atom is -0.00234 e. The third kappa shape index (κ3) is 4.58. The number of hydrogen-bond acceptors (Lipinski definition) is 0. The SMILES string of the molecule is c1cc(-c2c3ccccc3c(-c3ccc(-c4c5ccccc5c(-c5cccc6c5C5CCC6C5)c5ccccc45)c4c3CCCC4)c3ccccc23)c2c(c1)C1CCC2C1. The third-order valence-corrected chi connectivity index (χ3v) is 16.3. The van der Waals surface area contributed by atoms with Crippen molar-refractivity contribution in [2.45, 2.75) is 87.9 Å². The van der Waals surface area contributed by atoms with Crippen LogP contribution >= 0.6 is 0 Å². The van der Waals surface area contributed by atoms with E-state index in [0.29, 0.717) is 11.8 Å². The highest BCUT2D eigenvalue weighted by atomic mass is 14.4. The molecule has 9 aromatic rings. The van der Waals surface area contributed by atoms with E-state index in [2.05, 4.69) is 146 Å². The average Bonchev–Trinajstić information content (AvgIpc) is 4.14. The van der Waals surface area contributed by atoms with Crippen LogP contribution in [-0.2, 0) is 12.8 Å². The largest absolute Gasteiger partial charge is 0.0616 e. The van der Waals surface area contributed by atoms with Crippen LogP contribution in [0.5, 0.6) is 0 Å². The van der Waals surface area contributed by atoms with Crippen molar-refractivity contribution in [1.29, 1.82) is 0 Å². The highest BCUT2D eigenvalue weighted by Crippen LogP contribution is 2.59. The Labute approximate surface area is 352 Å². The Hall–Kier alpha value is -5.98. The maximum atomic E-state index is 2.53. The first-order valence-electron chi connectivity index (χ1n) is 23.1. The molecule has 0 N–H and O–H groups in total. The Morgan fingerprint density at radius 1 is 0.283 bits per heavy atom. The second-order valence-corrected chi connectivity index (χ2v) is 19.0. The molecule has 4 unspecified atom stereocenters. The lowest BCUT2D eigenvalue weighted by molar-refractivity contribution is 0.688. The summed E-state index contributed by atoms with van der Waals surface area (Å²) >= 11 is 0. The van der Waals surface area contributed by atoms with E-state index in [1.165, 1.54) is 139 Å². The molecule has 0 aromatic heterocycles. The van der Waals surface area contributed by atoms with Gasteiger partial charge in [-0.3, -0.25) is 0 Å². The zero-order chi connectivity index (χ0) is 39.1. The summed E-state index contributed by atoms with van der Waals surface area (Å²) in [5, 5.41) is 11.1. The predicted molar refractivity (Wildman–Crippen MR) is 254 cm³/mol. The molecule has 5 aliphatic rings. The Morgan fingerprint density at radius 3 is 0.950 bits per heavy atom. The van der Waals surface area contributed by atoms with E-state index in [4.69, 9.17) is 0 Å². The van der Waals surface area contributed by atoms with Crippen LogP contribution in [0, 0.1) is 0 Å². The van der Waals surface area contributed by atoms with Crippen molar-refractivity contribution in [2.24, 2.45) is 0 Å². The van der Waals surface area contributed by atoms with Crippen molar-refractivity contribution >= 4 is 43.1 Å². The molecule has 0 heterocycles. The fourth-order valence-electron chi connectivity index (χ4n) is 14.0. The standard InChI is InChI=1S/C60H48/c1-2-14-42-41(13-1)51(57-43-15-3-7-19-47(43)59(48-20-8-4-16-44(48)57)53-25-11-23-39-35-27-29-37(33-35)55(39)53)31-32-52(42)58-45-17-5-9-21-49(45)60(50-22-10-6-18-46(50)58)54-26-12-24-40-36-28-30-38(34-36)56(40)54/h3-12,15-26,31-32,35-38H,1-2,13-14,27-30,33-34H2. The van der Waals surface area contributed by atoms with Crippen LogP contribution in [-0.4, -0.2) is 0 Å². The molecule has 0 saturated heterocycles. The van der Waals surface area contributed by atoms with Gasteiger partial charge in [0.15, 0.2) is 0 Å². The summed E-state index contributed by atoms with van der Waals surface area (Å²) in [6, 6.07) is 57.0. The third-order valence-electron chi connectivity index (χ3n) is 16.3. The number of benzene rings is 9. The van der Waals surface area contributed by atoms with Gasteiger partial charge in [0.25, 0.3) is 0 Å². The van der Waals surface area contributed by atoms with Gasteiger partial charge < -0.3 is 0 Å². The lowest BCUT2D eigenvalue weighted by Crippen LogP contribution is -2.08. The van der Waals surface area contributed by atoms with E-state index in [1.54, 1.807) is 33.4 Å². The molecule has 0 nitrogen and oxygen atoms in total. The van der Waals surface area contributed by atoms with Crippen molar-refractivity contribution < 1.29 is 0 Å². The van der Waals surface area contributed by atoms with Gasteiger partial charge in [0, 0.05) is 0 Å². The molecule has 0 spiro atoms. The lowest BCUT2D eigenvalue weighted by Gasteiger charge is -2.28. The Bertz CT molecular complexity index is 2970. The minimum atomic E-state index is 0.697. The molecule has 60 heavy (non-hydrogen) atoms. The molecular weight excluding hydrogens is 721 g/mol. The summed E-state index contributed by atoms with van der Waals surface area (Å²) in [6.07, 6.45) is 12.8. The van der Waals surface area contributed by atoms with Gasteiger partial charge >= 0.3 is 0 Å². The van der Waals surface area contributed by atoms with Crippen molar-refractivity contribution in [3.63, 3.8) is 0 Å². The molecule has 14 rings (SSSR count). The molecule has 5 aliphatic carbocycles. The van der Waals surface area contributed by atoms with Crippen LogP contribution in [0.3, 0.4) is 0 Å². The molecule has 0 heteroatoms. The lowest BCUT2D eigenvalue weighted by atomic mass is 9.76. The van der Waals surface area contributed by atoms with Crippen LogP contribution in [0.15, 0.2) is 146 Å². The van der Waals surface area contributed by atoms with Crippen LogP contribution in [0.1, 0.15) is 108 Å². The summed E-state index contributed by atoms with van der Waals surface area (Å²) in [5.74, 6) is 2.88. The first-order chi connectivity index (χ1) is 29.8. The molecular formula is C60H48. The summed E-state index contributed by atoms with van der Waals surface area (Å²) in [5.41, 5.74) is 21.2. The summed E-state index contributed by atoms with van der Waals surface area (Å²) in [6.45, 7) is 0. The van der Waals surface area contributed by atoms with E-state index < -0.39 is 0 Å². The van der Waals surface area contributed by atoms with Crippen LogP contribution < -0.4 is 0 Å². The number of hydrogen-bond donors (Lipinski definition) is 0. The molecule has 0 amide bonds. The van der Waals surface area contributed by atoms with Crippen LogP contribution in [0.2, 0.25) is 0 Å². The molecule has 0 radical (unpaired) electrons. The van der Waals surface area contributed by atoms with Crippen molar-refractivity contribution in [1.82, 2.24) is 0 Å². The van der Waals surface area contributed by atoms with Crippen molar-refractivity contribution in [2.75, 3.05) is 0 Å². The van der Waals surface area contributed by atoms with Crippen molar-refractivity contribution in [3.05, 3.63) is 179 Å². The first-order valence-corrected chi connectivity index (χ1v) is 23.1. The highest BCUT2D eigenvalue weighted by molar-refractivity contribution is 6.24. The molecule has 4 bridgehead atoms. The Morgan fingerprint density at radius 2 is 0.600 bits per heavy atom. The average molecular weight is 769 g/mol. The zero-order valence-electron chi connectivity index (χ0n) is 34.2. The summed E-state index contributed by atoms with van der Waals surface area (Å²) in [4.78, 5) is 0. The molecule has 9 aromatic carbocycles. The Kier molecular flexibility index (Phi) is 7.19. The molecule has 0 aliphatic heterocycles. The summed E-state index contributed by atoms with van der Waals surface area (Å²) in [7, 11) is 0. The minimum Gasteiger partial charge on any atom is -0.0616 e. The van der Waals surface area contributed by atoms with Crippen molar-refractivity contribution in [3.8, 4) is 44.5 Å². The zero-order valence-corrected chi connectivity index (χ0v) is 34.2. The fraction of sp³-hybridized carbons (Fsp3) is 0.233. The van der Waals surface area contributed by atoms with Gasteiger partial charge in [-0.15, -0.1) is 0 Å². The van der Waals surface area contributed by atoms with Gasteiger partial charge in [-0.2, -0.15) is 0 Å². The van der Waals surface area contributed by atoms with E-state index >= 15 is 0 Å². The molecule has 4 atom stereocenters. The van der Waals surface area contributed by atoms with Gasteiger partial charge in [-0.1, -0.05) is 146 Å². The van der Waals surface area contributed by atoms with E-state index in [-0.39, 0.29) is 0 Å². The second kappa shape index (κ2) is 12.8. The van der Waals surface area contributed by atoms with Crippen LogP contribution in [0.25, 0.3) is 87.6 Å². The van der Waals surface area contributed by atoms with Gasteiger partial charge in [0.2, 0.25) is 0 Å².